The number of hydrogen-bond acceptors (Lipinski definition) is 4. The van der Waals surface area contributed by atoms with E-state index in [1.54, 1.807) is 13.8 Å². The maximum Gasteiger partial charge on any atom is 0.440 e. The molecule has 18 heavy (non-hydrogen) atoms. The van der Waals surface area contributed by atoms with E-state index in [0.29, 0.717) is 5.57 Å². The molecule has 0 fully saturated rings. The predicted octanol–water partition coefficient (Wildman–Crippen LogP) is 3.11. The Morgan fingerprint density at radius 3 is 2.50 bits per heavy atom. The van der Waals surface area contributed by atoms with Gasteiger partial charge in [0.1, 0.15) is 0 Å². The number of ether oxygens (including phenoxy) is 1. The zero-order valence-electron chi connectivity index (χ0n) is 11.5. The van der Waals surface area contributed by atoms with Gasteiger partial charge in [-0.1, -0.05) is 32.3 Å². The molecule has 0 radical (unpaired) electrons. The summed E-state index contributed by atoms with van der Waals surface area (Å²) < 4.78 is 4.55. The summed E-state index contributed by atoms with van der Waals surface area (Å²) in [6, 6.07) is 0. The van der Waals surface area contributed by atoms with E-state index in [9.17, 15) is 9.59 Å². The summed E-state index contributed by atoms with van der Waals surface area (Å²) in [5, 5.41) is 0. The van der Waals surface area contributed by atoms with Crippen LogP contribution in [0.15, 0.2) is 11.6 Å². The van der Waals surface area contributed by atoms with Gasteiger partial charge in [0.2, 0.25) is 0 Å². The highest BCUT2D eigenvalue weighted by Crippen LogP contribution is 2.06. The van der Waals surface area contributed by atoms with Crippen LogP contribution in [0.2, 0.25) is 0 Å². The summed E-state index contributed by atoms with van der Waals surface area (Å²) in [5.41, 5.74) is 2.41. The summed E-state index contributed by atoms with van der Waals surface area (Å²) in [4.78, 5) is 26.8. The first-order valence-corrected chi connectivity index (χ1v) is 6.42. The number of amides is 1. The van der Waals surface area contributed by atoms with Crippen molar-refractivity contribution >= 4 is 12.1 Å². The van der Waals surface area contributed by atoms with Crippen molar-refractivity contribution in [3.63, 3.8) is 0 Å². The van der Waals surface area contributed by atoms with Gasteiger partial charge in [0.05, 0.1) is 6.61 Å². The zero-order valence-corrected chi connectivity index (χ0v) is 11.5. The molecule has 0 aromatic rings. The lowest BCUT2D eigenvalue weighted by molar-refractivity contribution is -0.144. The fraction of sp³-hybridized carbons (Fsp3) is 0.692. The van der Waals surface area contributed by atoms with Crippen LogP contribution >= 0.6 is 0 Å². The molecule has 0 aliphatic heterocycles. The largest absolute Gasteiger partial charge is 0.448 e. The average Bonchev–Trinajstić information content (AvgIpc) is 2.35. The molecule has 0 aromatic carbocycles. The molecule has 1 N–H and O–H groups in total. The van der Waals surface area contributed by atoms with E-state index in [-0.39, 0.29) is 6.61 Å². The van der Waals surface area contributed by atoms with Gasteiger partial charge in [-0.15, -0.1) is 5.48 Å². The molecule has 5 heteroatoms. The molecule has 0 saturated heterocycles. The van der Waals surface area contributed by atoms with Gasteiger partial charge in [0.25, 0.3) is 0 Å². The van der Waals surface area contributed by atoms with Gasteiger partial charge in [-0.05, 0) is 26.7 Å². The average molecular weight is 257 g/mol. The third kappa shape index (κ3) is 8.61. The summed E-state index contributed by atoms with van der Waals surface area (Å²) >= 11 is 0. The highest BCUT2D eigenvalue weighted by molar-refractivity contribution is 5.88. The summed E-state index contributed by atoms with van der Waals surface area (Å²) in [5.74, 6) is -0.557. The van der Waals surface area contributed by atoms with Crippen LogP contribution in [0.25, 0.3) is 0 Å². The van der Waals surface area contributed by atoms with E-state index in [1.807, 2.05) is 11.6 Å². The lowest BCUT2D eigenvalue weighted by Gasteiger charge is -2.05. The Bertz CT molecular complexity index is 287. The van der Waals surface area contributed by atoms with E-state index in [4.69, 9.17) is 0 Å². The van der Waals surface area contributed by atoms with Crippen LogP contribution in [0.3, 0.4) is 0 Å². The molecule has 0 rings (SSSR count). The number of hydroxylamine groups is 1. The number of nitrogens with one attached hydrogen (secondary N) is 1. The standard InChI is InChI=1S/C13H23NO4/c1-4-6-7-8-9-10-11(3)12(15)18-14-13(16)17-5-2/h10H,4-9H2,1-3H3,(H,14,16). The molecular weight excluding hydrogens is 234 g/mol. The Balaban J connectivity index is 3.80. The van der Waals surface area contributed by atoms with E-state index in [0.717, 1.165) is 19.3 Å². The van der Waals surface area contributed by atoms with Crippen LogP contribution in [0.1, 0.15) is 52.9 Å². The smallest absolute Gasteiger partial charge is 0.440 e. The van der Waals surface area contributed by atoms with Gasteiger partial charge in [-0.3, -0.25) is 0 Å². The van der Waals surface area contributed by atoms with Crippen molar-refractivity contribution in [2.75, 3.05) is 6.61 Å². The first-order valence-electron chi connectivity index (χ1n) is 6.42. The number of allylic oxidation sites excluding steroid dienone is 1. The quantitative estimate of drug-likeness (QED) is 0.432. The van der Waals surface area contributed by atoms with Crippen LogP contribution in [0, 0.1) is 0 Å². The van der Waals surface area contributed by atoms with Crippen molar-refractivity contribution < 1.29 is 19.2 Å². The molecule has 0 aromatic heterocycles. The van der Waals surface area contributed by atoms with E-state index in [2.05, 4.69) is 16.5 Å². The number of unbranched alkanes of at least 4 members (excludes halogenated alkanes) is 4. The summed E-state index contributed by atoms with van der Waals surface area (Å²) in [6.45, 7) is 5.72. The number of carbonyl (C=O) groups is 2. The fourth-order valence-corrected chi connectivity index (χ4v) is 1.30. The molecule has 0 saturated carbocycles. The molecule has 0 atom stereocenters. The van der Waals surface area contributed by atoms with E-state index in [1.165, 1.54) is 12.8 Å². The molecule has 0 aliphatic rings. The van der Waals surface area contributed by atoms with Crippen molar-refractivity contribution in [3.8, 4) is 0 Å². The molecule has 0 aliphatic carbocycles. The first kappa shape index (κ1) is 16.5. The van der Waals surface area contributed by atoms with Crippen molar-refractivity contribution in [3.05, 3.63) is 11.6 Å². The van der Waals surface area contributed by atoms with Crippen molar-refractivity contribution in [1.82, 2.24) is 5.48 Å². The van der Waals surface area contributed by atoms with Crippen LogP contribution in [-0.2, 0) is 14.4 Å². The topological polar surface area (TPSA) is 64.6 Å². The molecule has 0 spiro atoms. The van der Waals surface area contributed by atoms with Gasteiger partial charge >= 0.3 is 12.1 Å². The molecule has 0 heterocycles. The maximum atomic E-state index is 11.4. The minimum Gasteiger partial charge on any atom is -0.448 e. The van der Waals surface area contributed by atoms with Crippen LogP contribution in [0.5, 0.6) is 0 Å². The van der Waals surface area contributed by atoms with Crippen molar-refractivity contribution in [2.45, 2.75) is 52.9 Å². The zero-order chi connectivity index (χ0) is 13.8. The summed E-state index contributed by atoms with van der Waals surface area (Å²) in [7, 11) is 0. The van der Waals surface area contributed by atoms with Gasteiger partial charge in [-0.25, -0.2) is 9.59 Å². The van der Waals surface area contributed by atoms with Crippen LogP contribution in [-0.4, -0.2) is 18.7 Å². The molecule has 1 amide bonds. The normalized spacial score (nSPS) is 10.9. The van der Waals surface area contributed by atoms with Gasteiger partial charge in [0, 0.05) is 5.57 Å². The SMILES string of the molecule is CCCCCCC=C(C)C(=O)ONC(=O)OCC. The number of hydrogen-bond donors (Lipinski definition) is 1. The lowest BCUT2D eigenvalue weighted by Crippen LogP contribution is -2.28. The highest BCUT2D eigenvalue weighted by Gasteiger charge is 2.08. The minimum absolute atomic E-state index is 0.232. The molecule has 5 nitrogen and oxygen atoms in total. The second-order valence-electron chi connectivity index (χ2n) is 3.95. The van der Waals surface area contributed by atoms with Crippen LogP contribution < -0.4 is 5.48 Å². The Kier molecular flexibility index (Phi) is 9.73. The fourth-order valence-electron chi connectivity index (χ4n) is 1.30. The second-order valence-corrected chi connectivity index (χ2v) is 3.95. The summed E-state index contributed by atoms with van der Waals surface area (Å²) in [6.07, 6.45) is 6.53. The molecule has 104 valence electrons. The maximum absolute atomic E-state index is 11.4. The third-order valence-electron chi connectivity index (χ3n) is 2.33. The van der Waals surface area contributed by atoms with Crippen LogP contribution in [0.4, 0.5) is 4.79 Å². The highest BCUT2D eigenvalue weighted by atomic mass is 16.7. The second kappa shape index (κ2) is 10.6. The van der Waals surface area contributed by atoms with Gasteiger partial charge in [0.15, 0.2) is 0 Å². The van der Waals surface area contributed by atoms with Crippen molar-refractivity contribution in [1.29, 1.82) is 0 Å². The predicted molar refractivity (Wildman–Crippen MR) is 68.8 cm³/mol. The Labute approximate surface area is 108 Å². The monoisotopic (exact) mass is 257 g/mol. The van der Waals surface area contributed by atoms with Crippen molar-refractivity contribution in [2.24, 2.45) is 0 Å². The van der Waals surface area contributed by atoms with Gasteiger partial charge < -0.3 is 9.57 Å². The number of rotatable bonds is 7. The Morgan fingerprint density at radius 1 is 1.17 bits per heavy atom. The van der Waals surface area contributed by atoms with E-state index >= 15 is 0 Å². The first-order chi connectivity index (χ1) is 8.61. The Hall–Kier alpha value is -1.52. The minimum atomic E-state index is -0.762. The lowest BCUT2D eigenvalue weighted by atomic mass is 10.1. The van der Waals surface area contributed by atoms with Gasteiger partial charge in [-0.2, -0.15) is 0 Å². The third-order valence-corrected chi connectivity index (χ3v) is 2.33. The van der Waals surface area contributed by atoms with E-state index < -0.39 is 12.1 Å². The Morgan fingerprint density at radius 2 is 1.89 bits per heavy atom. The number of carbonyl (C=O) groups excluding carboxylic acids is 2. The molecule has 0 bridgehead atoms. The molecular formula is C13H23NO4. The molecule has 0 unspecified atom stereocenters.